The number of benzene rings is 1. The van der Waals surface area contributed by atoms with Gasteiger partial charge in [-0.1, -0.05) is 0 Å². The maximum Gasteiger partial charge on any atom is 0.332 e. The number of likely N-dealkylation sites (tertiary alicyclic amines) is 1. The molecule has 2 aromatic rings. The van der Waals surface area contributed by atoms with Gasteiger partial charge in [0.15, 0.2) is 6.10 Å². The van der Waals surface area contributed by atoms with Crippen LogP contribution in [0.5, 0.6) is 0 Å². The number of nitrogens with zero attached hydrogens (tertiary/aromatic N) is 2. The minimum absolute atomic E-state index is 0.00614. The Bertz CT molecular complexity index is 838. The van der Waals surface area contributed by atoms with Crippen molar-refractivity contribution in [1.29, 1.82) is 0 Å². The molecule has 1 aromatic heterocycles. The Morgan fingerprint density at radius 2 is 2.00 bits per heavy atom. The Labute approximate surface area is 151 Å². The summed E-state index contributed by atoms with van der Waals surface area (Å²) in [5.74, 6) is -0.520. The molecule has 0 spiro atoms. The lowest BCUT2D eigenvalue weighted by Crippen LogP contribution is -2.41. The molecule has 7 nitrogen and oxygen atoms in total. The van der Waals surface area contributed by atoms with Gasteiger partial charge >= 0.3 is 5.97 Å². The van der Waals surface area contributed by atoms with Gasteiger partial charge < -0.3 is 14.7 Å². The molecule has 0 unspecified atom stereocenters. The number of ether oxygens (including phenoxy) is 1. The number of amides is 1. The third kappa shape index (κ3) is 3.07. The molecule has 2 atom stereocenters. The third-order valence-corrected chi connectivity index (χ3v) is 5.60. The van der Waals surface area contributed by atoms with E-state index in [9.17, 15) is 9.59 Å². The standard InChI is InChI=1S/C19H23N3O4/c1-11-8-13-10-20-21-17(13)14(9-11)18(23)22-6-4-12(5-7-22)15-2-3-16(26-15)19(24)25/h8-10,12,15-16H,2-7H2,1H3,(H,20,21)(H,24,25)/t15-,16+/m0/s1. The lowest BCUT2D eigenvalue weighted by Gasteiger charge is -2.34. The molecule has 0 saturated carbocycles. The molecule has 2 aliphatic rings. The molecular formula is C19H23N3O4. The minimum Gasteiger partial charge on any atom is -0.479 e. The normalized spacial score (nSPS) is 24.3. The van der Waals surface area contributed by atoms with Crippen LogP contribution in [0.25, 0.3) is 10.9 Å². The van der Waals surface area contributed by atoms with E-state index >= 15 is 0 Å². The molecule has 0 aliphatic carbocycles. The first-order valence-electron chi connectivity index (χ1n) is 9.14. The van der Waals surface area contributed by atoms with Crippen LogP contribution in [-0.2, 0) is 9.53 Å². The van der Waals surface area contributed by atoms with Crippen molar-refractivity contribution in [3.8, 4) is 0 Å². The molecule has 26 heavy (non-hydrogen) atoms. The van der Waals surface area contributed by atoms with Crippen LogP contribution in [0, 0.1) is 12.8 Å². The minimum atomic E-state index is -0.872. The fraction of sp³-hybridized carbons (Fsp3) is 0.526. The molecule has 1 aromatic carbocycles. The second kappa shape index (κ2) is 6.72. The van der Waals surface area contributed by atoms with Gasteiger partial charge in [0.25, 0.3) is 5.91 Å². The van der Waals surface area contributed by atoms with Gasteiger partial charge in [-0.3, -0.25) is 9.89 Å². The highest BCUT2D eigenvalue weighted by molar-refractivity contribution is 6.05. The van der Waals surface area contributed by atoms with E-state index in [0.29, 0.717) is 31.0 Å². The van der Waals surface area contributed by atoms with E-state index in [0.717, 1.165) is 35.7 Å². The molecule has 1 amide bonds. The molecule has 2 aliphatic heterocycles. The summed E-state index contributed by atoms with van der Waals surface area (Å²) in [6.07, 6.45) is 4.15. The molecule has 2 saturated heterocycles. The SMILES string of the molecule is Cc1cc(C(=O)N2CCC([C@@H]3CC[C@H](C(=O)O)O3)CC2)c2[nH]ncc2c1. The number of carbonyl (C=O) groups excluding carboxylic acids is 1. The van der Waals surface area contributed by atoms with Crippen molar-refractivity contribution >= 4 is 22.8 Å². The Morgan fingerprint density at radius 3 is 2.69 bits per heavy atom. The molecule has 0 bridgehead atoms. The predicted molar refractivity (Wildman–Crippen MR) is 95.0 cm³/mol. The van der Waals surface area contributed by atoms with Crippen LogP contribution in [-0.4, -0.2) is 57.4 Å². The molecular weight excluding hydrogens is 334 g/mol. The molecule has 7 heteroatoms. The Morgan fingerprint density at radius 1 is 1.23 bits per heavy atom. The van der Waals surface area contributed by atoms with Crippen LogP contribution in [0.2, 0.25) is 0 Å². The summed E-state index contributed by atoms with van der Waals surface area (Å²) in [6, 6.07) is 3.92. The van der Waals surface area contributed by atoms with Crippen molar-refractivity contribution in [1.82, 2.24) is 15.1 Å². The number of piperidine rings is 1. The number of aromatic nitrogens is 2. The fourth-order valence-corrected chi connectivity index (χ4v) is 4.21. The smallest absolute Gasteiger partial charge is 0.332 e. The van der Waals surface area contributed by atoms with Gasteiger partial charge in [-0.05, 0) is 56.2 Å². The Hall–Kier alpha value is -2.41. The van der Waals surface area contributed by atoms with Crippen molar-refractivity contribution < 1.29 is 19.4 Å². The van der Waals surface area contributed by atoms with Crippen LogP contribution in [0.15, 0.2) is 18.3 Å². The lowest BCUT2D eigenvalue weighted by atomic mass is 9.89. The first kappa shape index (κ1) is 17.0. The molecule has 2 N–H and O–H groups in total. The van der Waals surface area contributed by atoms with E-state index in [2.05, 4.69) is 10.2 Å². The van der Waals surface area contributed by atoms with Gasteiger partial charge in [-0.2, -0.15) is 5.10 Å². The van der Waals surface area contributed by atoms with Crippen LogP contribution in [0.3, 0.4) is 0 Å². The number of carboxylic acids is 1. The van der Waals surface area contributed by atoms with Crippen molar-refractivity contribution in [2.45, 2.75) is 44.8 Å². The highest BCUT2D eigenvalue weighted by atomic mass is 16.5. The van der Waals surface area contributed by atoms with Gasteiger partial charge in [-0.25, -0.2) is 4.79 Å². The second-order valence-electron chi connectivity index (χ2n) is 7.36. The third-order valence-electron chi connectivity index (χ3n) is 5.60. The van der Waals surface area contributed by atoms with Crippen LogP contribution < -0.4 is 0 Å². The number of nitrogens with one attached hydrogen (secondary N) is 1. The highest BCUT2D eigenvalue weighted by Gasteiger charge is 2.37. The fourth-order valence-electron chi connectivity index (χ4n) is 4.21. The summed E-state index contributed by atoms with van der Waals surface area (Å²) in [4.78, 5) is 25.9. The van der Waals surface area contributed by atoms with E-state index in [1.165, 1.54) is 0 Å². The zero-order valence-electron chi connectivity index (χ0n) is 14.8. The molecule has 4 rings (SSSR count). The van der Waals surface area contributed by atoms with Gasteiger partial charge in [0.1, 0.15) is 0 Å². The number of aryl methyl sites for hydroxylation is 1. The highest BCUT2D eigenvalue weighted by Crippen LogP contribution is 2.32. The topological polar surface area (TPSA) is 95.5 Å². The molecule has 0 radical (unpaired) electrons. The largest absolute Gasteiger partial charge is 0.479 e. The summed E-state index contributed by atoms with van der Waals surface area (Å²) in [5, 5.41) is 17.0. The van der Waals surface area contributed by atoms with E-state index in [1.807, 2.05) is 24.0 Å². The summed E-state index contributed by atoms with van der Waals surface area (Å²) in [6.45, 7) is 3.32. The van der Waals surface area contributed by atoms with Gasteiger partial charge in [0.2, 0.25) is 0 Å². The number of rotatable bonds is 3. The van der Waals surface area contributed by atoms with Crippen LogP contribution in [0.4, 0.5) is 0 Å². The average molecular weight is 357 g/mol. The maximum atomic E-state index is 13.0. The summed E-state index contributed by atoms with van der Waals surface area (Å²) in [7, 11) is 0. The van der Waals surface area contributed by atoms with E-state index in [4.69, 9.17) is 9.84 Å². The molecule has 3 heterocycles. The predicted octanol–water partition coefficient (Wildman–Crippen LogP) is 2.36. The van der Waals surface area contributed by atoms with Gasteiger partial charge in [0, 0.05) is 18.5 Å². The van der Waals surface area contributed by atoms with Crippen molar-refractivity contribution in [2.24, 2.45) is 5.92 Å². The number of H-pyrrole nitrogens is 1. The van der Waals surface area contributed by atoms with E-state index in [1.54, 1.807) is 6.20 Å². The van der Waals surface area contributed by atoms with Crippen LogP contribution in [0.1, 0.15) is 41.6 Å². The average Bonchev–Trinajstić information content (AvgIpc) is 3.30. The van der Waals surface area contributed by atoms with Gasteiger partial charge in [-0.15, -0.1) is 0 Å². The molecule has 138 valence electrons. The summed E-state index contributed by atoms with van der Waals surface area (Å²) in [5.41, 5.74) is 2.49. The van der Waals surface area contributed by atoms with Crippen molar-refractivity contribution in [3.05, 3.63) is 29.5 Å². The van der Waals surface area contributed by atoms with E-state index in [-0.39, 0.29) is 12.0 Å². The molecule has 2 fully saturated rings. The quantitative estimate of drug-likeness (QED) is 0.879. The van der Waals surface area contributed by atoms with Crippen molar-refractivity contribution in [3.63, 3.8) is 0 Å². The number of hydrogen-bond donors (Lipinski definition) is 2. The Kier molecular flexibility index (Phi) is 4.40. The van der Waals surface area contributed by atoms with Crippen molar-refractivity contribution in [2.75, 3.05) is 13.1 Å². The zero-order valence-corrected chi connectivity index (χ0v) is 14.8. The first-order chi connectivity index (χ1) is 12.5. The number of aromatic amines is 1. The lowest BCUT2D eigenvalue weighted by molar-refractivity contribution is -0.150. The second-order valence-corrected chi connectivity index (χ2v) is 7.36. The van der Waals surface area contributed by atoms with Gasteiger partial charge in [0.05, 0.1) is 23.4 Å². The number of fused-ring (bicyclic) bond motifs is 1. The maximum absolute atomic E-state index is 13.0. The number of aliphatic carboxylic acids is 1. The summed E-state index contributed by atoms with van der Waals surface area (Å²) < 4.78 is 5.69. The van der Waals surface area contributed by atoms with E-state index < -0.39 is 12.1 Å². The zero-order chi connectivity index (χ0) is 18.3. The first-order valence-corrected chi connectivity index (χ1v) is 9.14. The number of carbonyl (C=O) groups is 2. The number of hydrogen-bond acceptors (Lipinski definition) is 4. The number of carboxylic acid groups (broad SMARTS) is 1. The summed E-state index contributed by atoms with van der Waals surface area (Å²) >= 11 is 0. The van der Waals surface area contributed by atoms with Crippen LogP contribution >= 0.6 is 0 Å². The monoisotopic (exact) mass is 357 g/mol. The Balaban J connectivity index is 1.42.